The Labute approximate surface area is 92.8 Å². The summed E-state index contributed by atoms with van der Waals surface area (Å²) in [5, 5.41) is 8.45. The van der Waals surface area contributed by atoms with Crippen molar-refractivity contribution in [3.8, 4) is 6.07 Å². The molecule has 7 heteroatoms. The molecule has 17 heavy (non-hydrogen) atoms. The quantitative estimate of drug-likeness (QED) is 0.359. The van der Waals surface area contributed by atoms with Crippen LogP contribution in [0.25, 0.3) is 5.70 Å². The molecule has 0 amide bonds. The van der Waals surface area contributed by atoms with E-state index in [1.807, 2.05) is 0 Å². The third-order valence-electron chi connectivity index (χ3n) is 2.05. The highest BCUT2D eigenvalue weighted by molar-refractivity contribution is 5.69. The molecule has 90 valence electrons. The van der Waals surface area contributed by atoms with E-state index in [4.69, 9.17) is 11.0 Å². The number of nitrogens with zero attached hydrogens (tertiary/aromatic N) is 1. The summed E-state index contributed by atoms with van der Waals surface area (Å²) in [6, 6.07) is 1.45. The molecule has 0 bridgehead atoms. The lowest BCUT2D eigenvalue weighted by atomic mass is 10.1. The van der Waals surface area contributed by atoms with Gasteiger partial charge in [-0.05, 0) is 6.92 Å². The zero-order chi connectivity index (χ0) is 13.3. The van der Waals surface area contributed by atoms with E-state index < -0.39 is 40.3 Å². The van der Waals surface area contributed by atoms with E-state index in [9.17, 15) is 22.0 Å². The van der Waals surface area contributed by atoms with Crippen molar-refractivity contribution in [1.29, 1.82) is 5.26 Å². The van der Waals surface area contributed by atoms with Crippen LogP contribution < -0.4 is 5.73 Å². The maximum Gasteiger partial charge on any atom is 0.200 e. The molecule has 0 spiro atoms. The molecule has 0 atom stereocenters. The van der Waals surface area contributed by atoms with Gasteiger partial charge in [0.05, 0.1) is 22.9 Å². The van der Waals surface area contributed by atoms with E-state index in [1.165, 1.54) is 6.07 Å². The molecule has 0 aliphatic carbocycles. The van der Waals surface area contributed by atoms with Gasteiger partial charge in [-0.25, -0.2) is 22.0 Å². The molecule has 0 aromatic heterocycles. The molecule has 0 aliphatic rings. The summed E-state index contributed by atoms with van der Waals surface area (Å²) in [4.78, 5) is 0. The fraction of sp³-hybridized carbons (Fsp3) is 0.100. The first-order valence-corrected chi connectivity index (χ1v) is 4.21. The average Bonchev–Trinajstić information content (AvgIpc) is 2.32. The lowest BCUT2D eigenvalue weighted by molar-refractivity contribution is 0.376. The molecule has 0 saturated heterocycles. The highest BCUT2D eigenvalue weighted by atomic mass is 19.2. The normalized spacial score (nSPS) is 12.1. The molecule has 2 N–H and O–H groups in total. The third kappa shape index (κ3) is 1.93. The Kier molecular flexibility index (Phi) is 3.36. The molecule has 1 rings (SSSR count). The Balaban J connectivity index is 3.75. The van der Waals surface area contributed by atoms with Crippen molar-refractivity contribution in [3.05, 3.63) is 40.2 Å². The molecule has 0 aliphatic heterocycles. The first-order valence-electron chi connectivity index (χ1n) is 4.21. The number of nitriles is 1. The predicted molar refractivity (Wildman–Crippen MR) is 48.6 cm³/mol. The summed E-state index contributed by atoms with van der Waals surface area (Å²) in [5.74, 6) is -10.6. The van der Waals surface area contributed by atoms with Gasteiger partial charge in [0.15, 0.2) is 23.3 Å². The second-order valence-electron chi connectivity index (χ2n) is 3.10. The minimum absolute atomic E-state index is 0.354. The molecule has 1 aromatic carbocycles. The van der Waals surface area contributed by atoms with Crippen LogP contribution in [-0.2, 0) is 0 Å². The molecular formula is C10H5F5N2. The Morgan fingerprint density at radius 3 is 1.65 bits per heavy atom. The summed E-state index contributed by atoms with van der Waals surface area (Å²) < 4.78 is 64.7. The number of hydrogen-bond acceptors (Lipinski definition) is 2. The number of hydrogen-bond donors (Lipinski definition) is 1. The lowest BCUT2D eigenvalue weighted by Crippen LogP contribution is -2.11. The van der Waals surface area contributed by atoms with Gasteiger partial charge in [-0.2, -0.15) is 5.26 Å². The van der Waals surface area contributed by atoms with Gasteiger partial charge in [0, 0.05) is 0 Å². The first kappa shape index (κ1) is 13.0. The highest BCUT2D eigenvalue weighted by Gasteiger charge is 2.27. The lowest BCUT2D eigenvalue weighted by Gasteiger charge is -2.08. The van der Waals surface area contributed by atoms with Crippen molar-refractivity contribution in [2.75, 3.05) is 0 Å². The van der Waals surface area contributed by atoms with Crippen molar-refractivity contribution in [2.24, 2.45) is 5.73 Å². The van der Waals surface area contributed by atoms with Crippen molar-refractivity contribution >= 4 is 5.70 Å². The second kappa shape index (κ2) is 4.41. The Morgan fingerprint density at radius 2 is 1.29 bits per heavy atom. The zero-order valence-corrected chi connectivity index (χ0v) is 8.41. The maximum absolute atomic E-state index is 13.2. The number of benzene rings is 1. The maximum atomic E-state index is 13.2. The zero-order valence-electron chi connectivity index (χ0n) is 8.41. The molecule has 0 radical (unpaired) electrons. The van der Waals surface area contributed by atoms with Crippen molar-refractivity contribution in [3.63, 3.8) is 0 Å². The van der Waals surface area contributed by atoms with Crippen LogP contribution in [0.1, 0.15) is 12.5 Å². The molecule has 2 nitrogen and oxygen atoms in total. The Hall–Kier alpha value is -2.10. The smallest absolute Gasteiger partial charge is 0.200 e. The minimum atomic E-state index is -2.27. The standard InChI is InChI=1S/C10H5F5N2/c1-3(2-16)10(17)4-5(11)7(13)9(15)8(14)6(4)12/h17H2,1H3. The molecule has 0 saturated carbocycles. The Morgan fingerprint density at radius 1 is 0.941 bits per heavy atom. The number of halogens is 5. The number of nitrogens with two attached hydrogens (primary N) is 1. The summed E-state index contributed by atoms with van der Waals surface area (Å²) in [7, 11) is 0. The minimum Gasteiger partial charge on any atom is -0.397 e. The first-order chi connectivity index (χ1) is 7.82. The topological polar surface area (TPSA) is 49.8 Å². The van der Waals surface area contributed by atoms with Gasteiger partial charge in [-0.1, -0.05) is 0 Å². The van der Waals surface area contributed by atoms with Crippen LogP contribution in [0.2, 0.25) is 0 Å². The van der Waals surface area contributed by atoms with Crippen LogP contribution in [0.3, 0.4) is 0 Å². The monoisotopic (exact) mass is 248 g/mol. The van der Waals surface area contributed by atoms with Gasteiger partial charge in [-0.15, -0.1) is 0 Å². The largest absolute Gasteiger partial charge is 0.397 e. The third-order valence-corrected chi connectivity index (χ3v) is 2.05. The van der Waals surface area contributed by atoms with Crippen LogP contribution in [0, 0.1) is 40.4 Å². The highest BCUT2D eigenvalue weighted by Crippen LogP contribution is 2.27. The van der Waals surface area contributed by atoms with Gasteiger partial charge < -0.3 is 5.73 Å². The van der Waals surface area contributed by atoms with Crippen LogP contribution in [0.4, 0.5) is 22.0 Å². The number of allylic oxidation sites excluding steroid dienone is 1. The SMILES string of the molecule is CC(C#N)=C(N)c1c(F)c(F)c(F)c(F)c1F. The molecular weight excluding hydrogens is 243 g/mol. The summed E-state index contributed by atoms with van der Waals surface area (Å²) in [6.45, 7) is 1.09. The molecule has 0 fully saturated rings. The van der Waals surface area contributed by atoms with Gasteiger partial charge >= 0.3 is 0 Å². The Bertz CT molecular complexity index is 528. The van der Waals surface area contributed by atoms with Crippen LogP contribution in [-0.4, -0.2) is 0 Å². The summed E-state index contributed by atoms with van der Waals surface area (Å²) in [5.41, 5.74) is 2.72. The fourth-order valence-electron chi connectivity index (χ4n) is 1.09. The van der Waals surface area contributed by atoms with Crippen molar-refractivity contribution in [2.45, 2.75) is 6.92 Å². The van der Waals surface area contributed by atoms with E-state index in [0.717, 1.165) is 6.92 Å². The average molecular weight is 248 g/mol. The number of rotatable bonds is 1. The van der Waals surface area contributed by atoms with Crippen LogP contribution in [0.15, 0.2) is 5.57 Å². The van der Waals surface area contributed by atoms with Crippen LogP contribution in [0.5, 0.6) is 0 Å². The predicted octanol–water partition coefficient (Wildman–Crippen LogP) is 2.60. The van der Waals surface area contributed by atoms with Gasteiger partial charge in [-0.3, -0.25) is 0 Å². The van der Waals surface area contributed by atoms with Gasteiger partial charge in [0.2, 0.25) is 5.82 Å². The van der Waals surface area contributed by atoms with E-state index in [1.54, 1.807) is 0 Å². The summed E-state index contributed by atoms with van der Waals surface area (Å²) >= 11 is 0. The van der Waals surface area contributed by atoms with Crippen molar-refractivity contribution < 1.29 is 22.0 Å². The second-order valence-corrected chi connectivity index (χ2v) is 3.10. The fourth-order valence-corrected chi connectivity index (χ4v) is 1.09. The van der Waals surface area contributed by atoms with E-state index in [0.29, 0.717) is 0 Å². The summed E-state index contributed by atoms with van der Waals surface area (Å²) in [6.07, 6.45) is 0. The molecule has 0 unspecified atom stereocenters. The van der Waals surface area contributed by atoms with Crippen LogP contribution >= 0.6 is 0 Å². The molecule has 1 aromatic rings. The van der Waals surface area contributed by atoms with Crippen molar-refractivity contribution in [1.82, 2.24) is 0 Å². The van der Waals surface area contributed by atoms with E-state index in [2.05, 4.69) is 0 Å². The van der Waals surface area contributed by atoms with E-state index >= 15 is 0 Å². The molecule has 0 heterocycles. The van der Waals surface area contributed by atoms with Gasteiger partial charge in [0.25, 0.3) is 0 Å². The van der Waals surface area contributed by atoms with E-state index in [-0.39, 0.29) is 5.57 Å². The van der Waals surface area contributed by atoms with Gasteiger partial charge in [0.1, 0.15) is 0 Å².